The Hall–Kier alpha value is -3.21. The molecule has 0 aromatic heterocycles. The van der Waals surface area contributed by atoms with Gasteiger partial charge in [-0.2, -0.15) is 0 Å². The van der Waals surface area contributed by atoms with Crippen LogP contribution in [0.3, 0.4) is 0 Å². The molecule has 4 rings (SSSR count). The van der Waals surface area contributed by atoms with Crippen LogP contribution in [0.2, 0.25) is 0 Å². The Kier molecular flexibility index (Phi) is 9.12. The molecule has 3 nitrogen and oxygen atoms in total. The molecule has 0 unspecified atom stereocenters. The Balaban J connectivity index is 0.000000222. The van der Waals surface area contributed by atoms with E-state index in [0.717, 1.165) is 0 Å². The highest BCUT2D eigenvalue weighted by atomic mass is 32.2. The molecule has 0 amide bonds. The highest BCUT2D eigenvalue weighted by molar-refractivity contribution is 7.97. The molecule has 0 N–H and O–H groups in total. The smallest absolute Gasteiger partial charge is 0.200 e. The van der Waals surface area contributed by atoms with Crippen LogP contribution in [0, 0.1) is 29.1 Å². The fourth-order valence-corrected chi connectivity index (χ4v) is 6.02. The fraction of sp³-hybridized carbons (Fsp3) is 0.111. The monoisotopic (exact) mass is 552 g/mol. The first-order valence-corrected chi connectivity index (χ1v) is 13.5. The lowest BCUT2D eigenvalue weighted by atomic mass is 10.0. The summed E-state index contributed by atoms with van der Waals surface area (Å²) in [4.78, 5) is 1.73. The molecule has 0 atom stereocenters. The van der Waals surface area contributed by atoms with Gasteiger partial charge in [0.25, 0.3) is 0 Å². The Morgan fingerprint density at radius 3 is 1.30 bits per heavy atom. The zero-order valence-corrected chi connectivity index (χ0v) is 21.2. The van der Waals surface area contributed by atoms with Crippen molar-refractivity contribution in [2.45, 2.75) is 39.3 Å². The minimum absolute atomic E-state index is 0.0361. The number of benzene rings is 4. The lowest BCUT2D eigenvalue weighted by Crippen LogP contribution is -2.12. The molecule has 0 aliphatic heterocycles. The second-order valence-corrected chi connectivity index (χ2v) is 11.4. The molecule has 0 saturated carbocycles. The Morgan fingerprint density at radius 1 is 0.595 bits per heavy atom. The van der Waals surface area contributed by atoms with Crippen LogP contribution in [0.4, 0.5) is 22.0 Å². The van der Waals surface area contributed by atoms with Crippen molar-refractivity contribution in [3.05, 3.63) is 120 Å². The second-order valence-electron chi connectivity index (χ2n) is 8.01. The van der Waals surface area contributed by atoms with E-state index in [-0.39, 0.29) is 10.9 Å². The summed E-state index contributed by atoms with van der Waals surface area (Å²) in [6.07, 6.45) is 0. The van der Waals surface area contributed by atoms with E-state index in [1.165, 1.54) is 20.2 Å². The molecular weight excluding hydrogens is 531 g/mol. The van der Waals surface area contributed by atoms with Crippen LogP contribution in [0.15, 0.2) is 105 Å². The Morgan fingerprint density at radius 2 is 0.946 bits per heavy atom. The van der Waals surface area contributed by atoms with Gasteiger partial charge < -0.3 is 4.55 Å². The minimum atomic E-state index is -5.77. The zero-order chi connectivity index (χ0) is 27.3. The molecule has 0 aliphatic rings. The maximum absolute atomic E-state index is 12.6. The number of hydrogen-bond acceptors (Lipinski definition) is 3. The van der Waals surface area contributed by atoms with Gasteiger partial charge in [-0.05, 0) is 47.9 Å². The molecule has 0 fully saturated rings. The molecule has 37 heavy (non-hydrogen) atoms. The van der Waals surface area contributed by atoms with Gasteiger partial charge in [0, 0.05) is 0 Å². The van der Waals surface area contributed by atoms with Crippen molar-refractivity contribution in [3.8, 4) is 0 Å². The van der Waals surface area contributed by atoms with Crippen LogP contribution < -0.4 is 0 Å². The van der Waals surface area contributed by atoms with E-state index >= 15 is 0 Å². The normalized spacial score (nSPS) is 11.4. The van der Waals surface area contributed by atoms with Gasteiger partial charge in [0.15, 0.2) is 38.0 Å². The number of rotatable bonds is 5. The largest absolute Gasteiger partial charge is 0.744 e. The number of halogens is 5. The molecule has 0 heterocycles. The molecule has 0 spiro atoms. The summed E-state index contributed by atoms with van der Waals surface area (Å²) >= 11 is 0. The summed E-state index contributed by atoms with van der Waals surface area (Å²) in [5.41, 5.74) is 1.40. The Labute approximate surface area is 214 Å². The van der Waals surface area contributed by atoms with Crippen molar-refractivity contribution < 1.29 is 34.9 Å². The van der Waals surface area contributed by atoms with Crippen molar-refractivity contribution in [1.29, 1.82) is 0 Å². The molecule has 0 bridgehead atoms. The van der Waals surface area contributed by atoms with E-state index in [9.17, 15) is 34.9 Å². The summed E-state index contributed by atoms with van der Waals surface area (Å²) in [6, 6.07) is 30.7. The predicted octanol–water partition coefficient (Wildman–Crippen LogP) is 7.19. The van der Waals surface area contributed by atoms with Gasteiger partial charge in [-0.1, -0.05) is 62.4 Å². The van der Waals surface area contributed by atoms with E-state index in [2.05, 4.69) is 98.8 Å². The lowest BCUT2D eigenvalue weighted by molar-refractivity contribution is 0.350. The van der Waals surface area contributed by atoms with Crippen molar-refractivity contribution >= 4 is 21.0 Å². The van der Waals surface area contributed by atoms with Gasteiger partial charge in [0.2, 0.25) is 5.82 Å². The third-order valence-corrected chi connectivity index (χ3v) is 8.25. The first-order valence-electron chi connectivity index (χ1n) is 10.8. The molecule has 0 radical (unpaired) electrons. The van der Waals surface area contributed by atoms with Crippen LogP contribution in [0.5, 0.6) is 0 Å². The first-order chi connectivity index (χ1) is 17.4. The van der Waals surface area contributed by atoms with E-state index in [0.29, 0.717) is 5.92 Å². The average molecular weight is 553 g/mol. The van der Waals surface area contributed by atoms with Crippen LogP contribution in [-0.4, -0.2) is 13.0 Å². The summed E-state index contributed by atoms with van der Waals surface area (Å²) in [7, 11) is -5.81. The molecular formula is C27H21F5O3S2. The predicted molar refractivity (Wildman–Crippen MR) is 130 cm³/mol. The maximum atomic E-state index is 12.6. The lowest BCUT2D eigenvalue weighted by Gasteiger charge is -2.10. The summed E-state index contributed by atoms with van der Waals surface area (Å²) < 4.78 is 92.9. The van der Waals surface area contributed by atoms with Gasteiger partial charge >= 0.3 is 0 Å². The fourth-order valence-electron chi connectivity index (χ4n) is 3.31. The minimum Gasteiger partial charge on any atom is -0.744 e. The van der Waals surface area contributed by atoms with Gasteiger partial charge in [-0.25, -0.2) is 30.4 Å². The van der Waals surface area contributed by atoms with E-state index in [1.54, 1.807) is 0 Å². The van der Waals surface area contributed by atoms with E-state index in [1.807, 2.05) is 0 Å². The zero-order valence-electron chi connectivity index (χ0n) is 19.6. The molecule has 10 heteroatoms. The SMILES string of the molecule is CC(C)c1ccc([S+](c2ccccc2)c2ccccc2)cc1.O=S(=O)([O-])c1c(F)c(F)c(F)c(F)c1F. The van der Waals surface area contributed by atoms with Crippen molar-refractivity contribution in [2.24, 2.45) is 0 Å². The third kappa shape index (κ3) is 6.57. The molecule has 4 aromatic rings. The molecule has 0 aliphatic carbocycles. The highest BCUT2D eigenvalue weighted by Crippen LogP contribution is 2.31. The van der Waals surface area contributed by atoms with Crippen LogP contribution in [0.1, 0.15) is 25.3 Å². The summed E-state index contributed by atoms with van der Waals surface area (Å²) in [5.74, 6) is -12.3. The van der Waals surface area contributed by atoms with Crippen molar-refractivity contribution in [3.63, 3.8) is 0 Å². The van der Waals surface area contributed by atoms with E-state index in [4.69, 9.17) is 0 Å². The molecule has 194 valence electrons. The highest BCUT2D eigenvalue weighted by Gasteiger charge is 2.29. The summed E-state index contributed by atoms with van der Waals surface area (Å²) in [6.45, 7) is 4.48. The van der Waals surface area contributed by atoms with Crippen molar-refractivity contribution in [1.82, 2.24) is 0 Å². The first kappa shape index (κ1) is 28.4. The van der Waals surface area contributed by atoms with Crippen molar-refractivity contribution in [2.75, 3.05) is 0 Å². The summed E-state index contributed by atoms with van der Waals surface area (Å²) in [5, 5.41) is 0. The van der Waals surface area contributed by atoms with Crippen LogP contribution in [0.25, 0.3) is 0 Å². The topological polar surface area (TPSA) is 57.2 Å². The Bertz CT molecular complexity index is 1390. The third-order valence-electron chi connectivity index (χ3n) is 5.16. The quantitative estimate of drug-likeness (QED) is 0.0866. The van der Waals surface area contributed by atoms with Crippen LogP contribution >= 0.6 is 0 Å². The molecule has 0 saturated heterocycles. The van der Waals surface area contributed by atoms with Crippen LogP contribution in [-0.2, 0) is 21.0 Å². The molecule has 4 aromatic carbocycles. The van der Waals surface area contributed by atoms with E-state index < -0.39 is 44.1 Å². The van der Waals surface area contributed by atoms with Gasteiger partial charge in [0.1, 0.15) is 15.0 Å². The maximum Gasteiger partial charge on any atom is 0.200 e. The average Bonchev–Trinajstić information content (AvgIpc) is 2.88. The van der Waals surface area contributed by atoms with Gasteiger partial charge in [0.05, 0.1) is 10.9 Å². The number of hydrogen-bond donors (Lipinski definition) is 0. The standard InChI is InChI=1S/C21H21S.C6HF5O3S/c1-17(2)18-13-15-21(16-14-18)22(19-9-5-3-6-10-19)20-11-7-4-8-12-20;7-1-2(8)4(10)6(15(12,13)14)5(11)3(1)9/h3-17H,1-2H3;(H,12,13,14)/q+1;/p-1. The van der Waals surface area contributed by atoms with Gasteiger partial charge in [-0.15, -0.1) is 0 Å². The second kappa shape index (κ2) is 11.9. The van der Waals surface area contributed by atoms with Gasteiger partial charge in [-0.3, -0.25) is 0 Å².